The van der Waals surface area contributed by atoms with Gasteiger partial charge in [0.25, 0.3) is 0 Å². The van der Waals surface area contributed by atoms with Crippen molar-refractivity contribution in [2.45, 2.75) is 26.3 Å². The quantitative estimate of drug-likeness (QED) is 0.843. The number of rotatable bonds is 7. The number of hydrogen-bond acceptors (Lipinski definition) is 3. The van der Waals surface area contributed by atoms with Crippen LogP contribution in [0.15, 0.2) is 48.5 Å². The highest BCUT2D eigenvalue weighted by atomic mass is 16.5. The van der Waals surface area contributed by atoms with Crippen molar-refractivity contribution in [3.05, 3.63) is 59.7 Å². The molecule has 0 amide bonds. The highest BCUT2D eigenvalue weighted by Crippen LogP contribution is 2.18. The Bertz CT molecular complexity index is 534. The Balaban J connectivity index is 1.89. The van der Waals surface area contributed by atoms with Gasteiger partial charge in [-0.2, -0.15) is 0 Å². The third-order valence-electron chi connectivity index (χ3n) is 3.38. The van der Waals surface area contributed by atoms with E-state index in [1.807, 2.05) is 43.3 Å². The second kappa shape index (κ2) is 7.70. The summed E-state index contributed by atoms with van der Waals surface area (Å²) in [5.41, 5.74) is 8.51. The summed E-state index contributed by atoms with van der Waals surface area (Å²) in [6.45, 7) is 5.23. The predicted molar refractivity (Wildman–Crippen MR) is 85.9 cm³/mol. The van der Waals surface area contributed by atoms with Crippen molar-refractivity contribution in [1.82, 2.24) is 0 Å². The molecule has 2 aromatic rings. The van der Waals surface area contributed by atoms with Gasteiger partial charge in [-0.05, 0) is 48.7 Å². The summed E-state index contributed by atoms with van der Waals surface area (Å²) >= 11 is 0. The first-order valence-corrected chi connectivity index (χ1v) is 7.43. The molecular weight excluding hydrogens is 262 g/mol. The lowest BCUT2D eigenvalue weighted by Crippen LogP contribution is -2.18. The van der Waals surface area contributed by atoms with Crippen LogP contribution in [0.1, 0.15) is 31.0 Å². The van der Waals surface area contributed by atoms with E-state index in [0.717, 1.165) is 23.5 Å². The first-order chi connectivity index (χ1) is 10.2. The number of aryl methyl sites for hydroxylation is 1. The minimum atomic E-state index is -0.147. The monoisotopic (exact) mass is 285 g/mol. The van der Waals surface area contributed by atoms with E-state index in [2.05, 4.69) is 19.1 Å². The largest absolute Gasteiger partial charge is 0.494 e. The Morgan fingerprint density at radius 3 is 2.00 bits per heavy atom. The van der Waals surface area contributed by atoms with Crippen molar-refractivity contribution >= 4 is 0 Å². The maximum absolute atomic E-state index is 6.16. The van der Waals surface area contributed by atoms with Crippen molar-refractivity contribution in [1.29, 1.82) is 0 Å². The molecule has 0 aliphatic heterocycles. The predicted octanol–water partition coefficient (Wildman–Crippen LogP) is 3.73. The van der Waals surface area contributed by atoms with Crippen molar-refractivity contribution in [2.24, 2.45) is 5.73 Å². The summed E-state index contributed by atoms with van der Waals surface area (Å²) < 4.78 is 11.2. The van der Waals surface area contributed by atoms with E-state index in [9.17, 15) is 0 Å². The number of nitrogens with two attached hydrogens (primary N) is 1. The van der Waals surface area contributed by atoms with Crippen LogP contribution in [-0.2, 0) is 6.42 Å². The van der Waals surface area contributed by atoms with Crippen LogP contribution in [0.25, 0.3) is 0 Å². The van der Waals surface area contributed by atoms with E-state index < -0.39 is 0 Å². The summed E-state index contributed by atoms with van der Waals surface area (Å²) in [7, 11) is 0. The molecule has 3 heteroatoms. The van der Waals surface area contributed by atoms with Gasteiger partial charge in [0.1, 0.15) is 18.1 Å². The molecule has 21 heavy (non-hydrogen) atoms. The zero-order valence-corrected chi connectivity index (χ0v) is 12.7. The minimum absolute atomic E-state index is 0.147. The van der Waals surface area contributed by atoms with Crippen LogP contribution in [0.5, 0.6) is 11.5 Å². The molecule has 0 radical (unpaired) electrons. The van der Waals surface area contributed by atoms with E-state index in [1.54, 1.807) is 0 Å². The van der Waals surface area contributed by atoms with Gasteiger partial charge in [0.15, 0.2) is 0 Å². The summed E-state index contributed by atoms with van der Waals surface area (Å²) in [6.07, 6.45) is 1.03. The Labute approximate surface area is 126 Å². The van der Waals surface area contributed by atoms with Crippen LogP contribution in [-0.4, -0.2) is 13.2 Å². The lowest BCUT2D eigenvalue weighted by atomic mass is 10.1. The normalized spacial score (nSPS) is 12.0. The molecule has 0 fully saturated rings. The van der Waals surface area contributed by atoms with Gasteiger partial charge in [0, 0.05) is 0 Å². The van der Waals surface area contributed by atoms with E-state index in [1.165, 1.54) is 5.56 Å². The van der Waals surface area contributed by atoms with Gasteiger partial charge < -0.3 is 15.2 Å². The summed E-state index contributed by atoms with van der Waals surface area (Å²) in [6, 6.07) is 15.8. The topological polar surface area (TPSA) is 44.5 Å². The summed E-state index contributed by atoms with van der Waals surface area (Å²) in [4.78, 5) is 0. The maximum atomic E-state index is 6.16. The van der Waals surface area contributed by atoms with Gasteiger partial charge in [-0.25, -0.2) is 0 Å². The molecule has 2 rings (SSSR count). The molecule has 0 heterocycles. The smallest absolute Gasteiger partial charge is 0.119 e. The number of ether oxygens (including phenoxy) is 2. The number of hydrogen-bond donors (Lipinski definition) is 1. The second-order valence-corrected chi connectivity index (χ2v) is 4.92. The first kappa shape index (κ1) is 15.4. The average Bonchev–Trinajstić information content (AvgIpc) is 2.54. The van der Waals surface area contributed by atoms with Crippen LogP contribution < -0.4 is 15.2 Å². The molecule has 3 nitrogen and oxygen atoms in total. The van der Waals surface area contributed by atoms with Crippen molar-refractivity contribution < 1.29 is 9.47 Å². The molecule has 0 aliphatic rings. The molecule has 0 aliphatic carbocycles. The lowest BCUT2D eigenvalue weighted by molar-refractivity contribution is 0.290. The van der Waals surface area contributed by atoms with Crippen LogP contribution in [0.4, 0.5) is 0 Å². The van der Waals surface area contributed by atoms with E-state index in [-0.39, 0.29) is 6.04 Å². The maximum Gasteiger partial charge on any atom is 0.119 e. The zero-order valence-electron chi connectivity index (χ0n) is 12.7. The lowest BCUT2D eigenvalue weighted by Gasteiger charge is -2.14. The molecule has 0 saturated carbocycles. The van der Waals surface area contributed by atoms with E-state index in [4.69, 9.17) is 15.2 Å². The highest BCUT2D eigenvalue weighted by Gasteiger charge is 2.07. The number of benzene rings is 2. The summed E-state index contributed by atoms with van der Waals surface area (Å²) in [5, 5.41) is 0. The van der Waals surface area contributed by atoms with Crippen molar-refractivity contribution in [3.63, 3.8) is 0 Å². The van der Waals surface area contributed by atoms with Crippen molar-refractivity contribution in [2.75, 3.05) is 13.2 Å². The molecule has 0 saturated heterocycles. The average molecular weight is 285 g/mol. The first-order valence-electron chi connectivity index (χ1n) is 7.43. The highest BCUT2D eigenvalue weighted by molar-refractivity contribution is 5.30. The molecule has 2 aromatic carbocycles. The van der Waals surface area contributed by atoms with Crippen LogP contribution in [0.2, 0.25) is 0 Å². The fourth-order valence-corrected chi connectivity index (χ4v) is 2.08. The molecule has 0 bridgehead atoms. The molecular formula is C18H23NO2. The zero-order chi connectivity index (χ0) is 15.1. The second-order valence-electron chi connectivity index (χ2n) is 4.92. The van der Waals surface area contributed by atoms with Gasteiger partial charge in [0.05, 0.1) is 12.6 Å². The van der Waals surface area contributed by atoms with Crippen molar-refractivity contribution in [3.8, 4) is 11.5 Å². The Hall–Kier alpha value is -2.00. The van der Waals surface area contributed by atoms with Gasteiger partial charge >= 0.3 is 0 Å². The molecule has 1 unspecified atom stereocenters. The standard InChI is InChI=1S/C18H23NO2/c1-3-14-5-9-17(10-6-14)21-13-18(19)15-7-11-16(12-8-15)20-4-2/h5-12,18H,3-4,13,19H2,1-2H3. The van der Waals surface area contributed by atoms with Gasteiger partial charge in [-0.15, -0.1) is 0 Å². The Morgan fingerprint density at radius 1 is 0.857 bits per heavy atom. The summed E-state index contributed by atoms with van der Waals surface area (Å²) in [5.74, 6) is 1.72. The molecule has 0 aromatic heterocycles. The van der Waals surface area contributed by atoms with Crippen LogP contribution in [0, 0.1) is 0 Å². The van der Waals surface area contributed by atoms with Gasteiger partial charge in [0.2, 0.25) is 0 Å². The molecule has 112 valence electrons. The van der Waals surface area contributed by atoms with Gasteiger partial charge in [-0.1, -0.05) is 31.2 Å². The minimum Gasteiger partial charge on any atom is -0.494 e. The molecule has 0 spiro atoms. The molecule has 1 atom stereocenters. The van der Waals surface area contributed by atoms with Crippen LogP contribution in [0.3, 0.4) is 0 Å². The Morgan fingerprint density at radius 2 is 1.43 bits per heavy atom. The molecule has 2 N–H and O–H groups in total. The fraction of sp³-hybridized carbons (Fsp3) is 0.333. The SMILES string of the molecule is CCOc1ccc(C(N)COc2ccc(CC)cc2)cc1. The van der Waals surface area contributed by atoms with Gasteiger partial charge in [-0.3, -0.25) is 0 Å². The Kier molecular flexibility index (Phi) is 5.64. The van der Waals surface area contributed by atoms with Crippen LogP contribution >= 0.6 is 0 Å². The van der Waals surface area contributed by atoms with E-state index in [0.29, 0.717) is 13.2 Å². The third-order valence-corrected chi connectivity index (χ3v) is 3.38. The fourth-order valence-electron chi connectivity index (χ4n) is 2.08. The third kappa shape index (κ3) is 4.50. The van der Waals surface area contributed by atoms with E-state index >= 15 is 0 Å².